The molecule has 0 aromatic heterocycles. The van der Waals surface area contributed by atoms with Gasteiger partial charge in [0, 0.05) is 0 Å². The number of halogens is 1. The van der Waals surface area contributed by atoms with Gasteiger partial charge in [-0.3, -0.25) is 0 Å². The van der Waals surface area contributed by atoms with E-state index >= 15 is 0 Å². The van der Waals surface area contributed by atoms with E-state index in [4.69, 9.17) is 4.74 Å². The highest BCUT2D eigenvalue weighted by Crippen LogP contribution is 2.32. The van der Waals surface area contributed by atoms with Crippen LogP contribution >= 0.6 is 0 Å². The van der Waals surface area contributed by atoms with Crippen molar-refractivity contribution in [1.82, 2.24) is 0 Å². The van der Waals surface area contributed by atoms with Crippen LogP contribution in [-0.4, -0.2) is 5.11 Å². The van der Waals surface area contributed by atoms with Crippen LogP contribution in [0.2, 0.25) is 0 Å². The molecule has 1 N–H and O–H groups in total. The summed E-state index contributed by atoms with van der Waals surface area (Å²) in [4.78, 5) is 0. The molecule has 20 heavy (non-hydrogen) atoms. The summed E-state index contributed by atoms with van der Waals surface area (Å²) in [6, 6.07) is 8.51. The lowest BCUT2D eigenvalue weighted by atomic mass is 10.1. The normalized spacial score (nSPS) is 12.3. The van der Waals surface area contributed by atoms with Crippen molar-refractivity contribution in [2.45, 2.75) is 33.8 Å². The van der Waals surface area contributed by atoms with E-state index in [0.717, 1.165) is 16.7 Å². The molecular weight excluding hydrogens is 255 g/mol. The minimum atomic E-state index is -0.694. The highest BCUT2D eigenvalue weighted by Gasteiger charge is 2.12. The lowest BCUT2D eigenvalue weighted by Crippen LogP contribution is -1.97. The SMILES string of the molecule is Cc1ccc(C)c(Oc2ccc([C@H](C)O)cc2F)c1C. The zero-order valence-electron chi connectivity index (χ0n) is 12.2. The van der Waals surface area contributed by atoms with Gasteiger partial charge in [-0.2, -0.15) is 0 Å². The van der Waals surface area contributed by atoms with Crippen LogP contribution in [0.25, 0.3) is 0 Å². The minimum Gasteiger partial charge on any atom is -0.454 e. The van der Waals surface area contributed by atoms with Gasteiger partial charge in [0.2, 0.25) is 0 Å². The van der Waals surface area contributed by atoms with Crippen LogP contribution in [-0.2, 0) is 0 Å². The van der Waals surface area contributed by atoms with Gasteiger partial charge in [0.15, 0.2) is 11.6 Å². The molecule has 0 aliphatic heterocycles. The van der Waals surface area contributed by atoms with E-state index in [1.165, 1.54) is 6.07 Å². The molecule has 0 spiro atoms. The first-order chi connectivity index (χ1) is 9.40. The van der Waals surface area contributed by atoms with E-state index in [0.29, 0.717) is 11.3 Å². The topological polar surface area (TPSA) is 29.5 Å². The Morgan fingerprint density at radius 1 is 1.05 bits per heavy atom. The fraction of sp³-hybridized carbons (Fsp3) is 0.294. The molecule has 0 heterocycles. The first-order valence-electron chi connectivity index (χ1n) is 6.62. The zero-order chi connectivity index (χ0) is 14.9. The Bertz CT molecular complexity index is 633. The largest absolute Gasteiger partial charge is 0.454 e. The lowest BCUT2D eigenvalue weighted by molar-refractivity contribution is 0.198. The van der Waals surface area contributed by atoms with Gasteiger partial charge in [-0.15, -0.1) is 0 Å². The van der Waals surface area contributed by atoms with Gasteiger partial charge in [-0.25, -0.2) is 4.39 Å². The lowest BCUT2D eigenvalue weighted by Gasteiger charge is -2.15. The first-order valence-corrected chi connectivity index (χ1v) is 6.62. The smallest absolute Gasteiger partial charge is 0.166 e. The Balaban J connectivity index is 2.38. The van der Waals surface area contributed by atoms with Crippen LogP contribution in [0.15, 0.2) is 30.3 Å². The number of aliphatic hydroxyl groups excluding tert-OH is 1. The fourth-order valence-corrected chi connectivity index (χ4v) is 2.05. The van der Waals surface area contributed by atoms with Crippen LogP contribution in [0.3, 0.4) is 0 Å². The summed E-state index contributed by atoms with van der Waals surface area (Å²) in [6.07, 6.45) is -0.694. The summed E-state index contributed by atoms with van der Waals surface area (Å²) in [7, 11) is 0. The molecule has 0 saturated heterocycles. The molecule has 0 fully saturated rings. The average molecular weight is 274 g/mol. The van der Waals surface area contributed by atoms with Crippen LogP contribution in [0.4, 0.5) is 4.39 Å². The van der Waals surface area contributed by atoms with E-state index in [2.05, 4.69) is 0 Å². The summed E-state index contributed by atoms with van der Waals surface area (Å²) >= 11 is 0. The molecule has 0 unspecified atom stereocenters. The van der Waals surface area contributed by atoms with Crippen molar-refractivity contribution in [3.05, 3.63) is 58.4 Å². The molecule has 0 saturated carbocycles. The molecule has 0 bridgehead atoms. The van der Waals surface area contributed by atoms with Gasteiger partial charge in [-0.05, 0) is 62.1 Å². The number of aliphatic hydroxyl groups is 1. The Labute approximate surface area is 118 Å². The van der Waals surface area contributed by atoms with Crippen molar-refractivity contribution in [2.24, 2.45) is 0 Å². The number of hydrogen-bond acceptors (Lipinski definition) is 2. The quantitative estimate of drug-likeness (QED) is 0.886. The average Bonchev–Trinajstić information content (AvgIpc) is 2.40. The maximum atomic E-state index is 14.0. The molecular formula is C17H19FO2. The number of rotatable bonds is 3. The van der Waals surface area contributed by atoms with Crippen molar-refractivity contribution in [3.63, 3.8) is 0 Å². The second kappa shape index (κ2) is 5.63. The predicted octanol–water partition coefficient (Wildman–Crippen LogP) is 4.60. The van der Waals surface area contributed by atoms with Crippen molar-refractivity contribution in [3.8, 4) is 11.5 Å². The van der Waals surface area contributed by atoms with Crippen molar-refractivity contribution in [2.75, 3.05) is 0 Å². The Morgan fingerprint density at radius 2 is 1.70 bits per heavy atom. The monoisotopic (exact) mass is 274 g/mol. The molecule has 0 aliphatic carbocycles. The molecule has 2 aromatic carbocycles. The van der Waals surface area contributed by atoms with Crippen molar-refractivity contribution >= 4 is 0 Å². The van der Waals surface area contributed by atoms with Gasteiger partial charge >= 0.3 is 0 Å². The third-order valence-electron chi connectivity index (χ3n) is 3.52. The van der Waals surface area contributed by atoms with E-state index in [9.17, 15) is 9.50 Å². The van der Waals surface area contributed by atoms with E-state index in [1.807, 2.05) is 32.9 Å². The molecule has 2 aromatic rings. The van der Waals surface area contributed by atoms with E-state index < -0.39 is 11.9 Å². The van der Waals surface area contributed by atoms with Crippen LogP contribution in [0.1, 0.15) is 35.3 Å². The summed E-state index contributed by atoms with van der Waals surface area (Å²) < 4.78 is 19.8. The summed E-state index contributed by atoms with van der Waals surface area (Å²) in [5, 5.41) is 9.45. The highest BCUT2D eigenvalue weighted by atomic mass is 19.1. The van der Waals surface area contributed by atoms with Gasteiger partial charge in [-0.1, -0.05) is 18.2 Å². The third-order valence-corrected chi connectivity index (χ3v) is 3.52. The van der Waals surface area contributed by atoms with Crippen LogP contribution in [0, 0.1) is 26.6 Å². The molecule has 0 amide bonds. The second-order valence-corrected chi connectivity index (χ2v) is 5.12. The molecule has 0 radical (unpaired) electrons. The van der Waals surface area contributed by atoms with Gasteiger partial charge < -0.3 is 9.84 Å². The van der Waals surface area contributed by atoms with Crippen molar-refractivity contribution in [1.29, 1.82) is 0 Å². The summed E-state index contributed by atoms with van der Waals surface area (Å²) in [5.74, 6) is 0.392. The van der Waals surface area contributed by atoms with Crippen LogP contribution in [0.5, 0.6) is 11.5 Å². The van der Waals surface area contributed by atoms with E-state index in [1.54, 1.807) is 19.1 Å². The first kappa shape index (κ1) is 14.5. The highest BCUT2D eigenvalue weighted by molar-refractivity contribution is 5.47. The van der Waals surface area contributed by atoms with Gasteiger partial charge in [0.25, 0.3) is 0 Å². The molecule has 0 aliphatic rings. The number of benzene rings is 2. The summed E-state index contributed by atoms with van der Waals surface area (Å²) in [6.45, 7) is 7.49. The zero-order valence-corrected chi connectivity index (χ0v) is 12.2. The maximum Gasteiger partial charge on any atom is 0.166 e. The maximum absolute atomic E-state index is 14.0. The minimum absolute atomic E-state index is 0.172. The second-order valence-electron chi connectivity index (χ2n) is 5.12. The number of aryl methyl sites for hydroxylation is 2. The fourth-order valence-electron chi connectivity index (χ4n) is 2.05. The van der Waals surface area contributed by atoms with Gasteiger partial charge in [0.05, 0.1) is 6.10 Å². The Hall–Kier alpha value is -1.87. The van der Waals surface area contributed by atoms with Crippen molar-refractivity contribution < 1.29 is 14.2 Å². The predicted molar refractivity (Wildman–Crippen MR) is 77.8 cm³/mol. The van der Waals surface area contributed by atoms with Crippen LogP contribution < -0.4 is 4.74 Å². The number of hydrogen-bond donors (Lipinski definition) is 1. The standard InChI is InChI=1S/C17H19FO2/c1-10-5-6-11(2)17(12(10)3)20-16-8-7-14(13(4)19)9-15(16)18/h5-9,13,19H,1-4H3/t13-/m0/s1. The molecule has 106 valence electrons. The Kier molecular flexibility index (Phi) is 4.09. The van der Waals surface area contributed by atoms with Gasteiger partial charge in [0.1, 0.15) is 5.75 Å². The molecule has 2 nitrogen and oxygen atoms in total. The molecule has 2 rings (SSSR count). The summed E-state index contributed by atoms with van der Waals surface area (Å²) in [5.41, 5.74) is 3.61. The molecule has 3 heteroatoms. The third kappa shape index (κ3) is 2.83. The number of ether oxygens (including phenoxy) is 1. The van der Waals surface area contributed by atoms with E-state index in [-0.39, 0.29) is 5.75 Å². The Morgan fingerprint density at radius 3 is 2.30 bits per heavy atom. The molecule has 1 atom stereocenters.